The first kappa shape index (κ1) is 11.1. The summed E-state index contributed by atoms with van der Waals surface area (Å²) < 4.78 is 13.2. The summed E-state index contributed by atoms with van der Waals surface area (Å²) in [6.07, 6.45) is 5.36. The van der Waals surface area contributed by atoms with Gasteiger partial charge in [-0.15, -0.1) is 6.42 Å². The van der Waals surface area contributed by atoms with Gasteiger partial charge in [-0.2, -0.15) is 0 Å². The molecule has 0 bridgehead atoms. The molecule has 1 saturated heterocycles. The molecule has 0 aliphatic carbocycles. The maximum Gasteiger partial charge on any atom is 0.328 e. The summed E-state index contributed by atoms with van der Waals surface area (Å²) in [5.41, 5.74) is 0.566. The van der Waals surface area contributed by atoms with Crippen molar-refractivity contribution < 1.29 is 14.0 Å². The number of nitrogens with zero attached hydrogens (tertiary/aromatic N) is 1. The standard InChI is InChI=1S/C12H9FN2O2/c1-2-8-7-9(3-4-10(8)13)15-6-5-11(16)14-12(15)17/h1,3-4,7H,5-6H2,(H,14,16,17). The average Bonchev–Trinajstić information content (AvgIpc) is 2.30. The topological polar surface area (TPSA) is 49.4 Å². The highest BCUT2D eigenvalue weighted by atomic mass is 19.1. The van der Waals surface area contributed by atoms with E-state index in [-0.39, 0.29) is 24.4 Å². The summed E-state index contributed by atoms with van der Waals surface area (Å²) >= 11 is 0. The third kappa shape index (κ3) is 2.11. The predicted octanol–water partition coefficient (Wildman–Crippen LogP) is 1.25. The fourth-order valence-corrected chi connectivity index (χ4v) is 1.60. The monoisotopic (exact) mass is 232 g/mol. The molecule has 5 heteroatoms. The number of carbonyl (C=O) groups is 2. The molecule has 1 N–H and O–H groups in total. The van der Waals surface area contributed by atoms with Crippen molar-refractivity contribution in [2.45, 2.75) is 6.42 Å². The van der Waals surface area contributed by atoms with Crippen LogP contribution in [0.4, 0.5) is 14.9 Å². The van der Waals surface area contributed by atoms with Crippen LogP contribution in [0, 0.1) is 18.2 Å². The van der Waals surface area contributed by atoms with E-state index in [0.29, 0.717) is 5.69 Å². The van der Waals surface area contributed by atoms with Crippen LogP contribution in [-0.4, -0.2) is 18.5 Å². The van der Waals surface area contributed by atoms with Gasteiger partial charge in [-0.25, -0.2) is 9.18 Å². The molecule has 0 radical (unpaired) electrons. The summed E-state index contributed by atoms with van der Waals surface area (Å²) in [7, 11) is 0. The third-order valence-corrected chi connectivity index (χ3v) is 2.47. The normalized spacial score (nSPS) is 15.4. The van der Waals surface area contributed by atoms with Crippen molar-refractivity contribution in [3.63, 3.8) is 0 Å². The van der Waals surface area contributed by atoms with Crippen molar-refractivity contribution >= 4 is 17.6 Å². The van der Waals surface area contributed by atoms with E-state index in [4.69, 9.17) is 6.42 Å². The van der Waals surface area contributed by atoms with Crippen LogP contribution < -0.4 is 10.2 Å². The summed E-state index contributed by atoms with van der Waals surface area (Å²) in [5, 5.41) is 2.18. The van der Waals surface area contributed by atoms with Gasteiger partial charge in [0.1, 0.15) is 5.82 Å². The van der Waals surface area contributed by atoms with Crippen molar-refractivity contribution in [3.8, 4) is 12.3 Å². The number of terminal acetylenes is 1. The molecule has 0 atom stereocenters. The number of halogens is 1. The van der Waals surface area contributed by atoms with Gasteiger partial charge < -0.3 is 0 Å². The highest BCUT2D eigenvalue weighted by molar-refractivity contribution is 6.05. The molecule has 2 rings (SSSR count). The molecule has 0 saturated carbocycles. The molecule has 1 aromatic carbocycles. The van der Waals surface area contributed by atoms with E-state index < -0.39 is 11.8 Å². The molecule has 0 unspecified atom stereocenters. The largest absolute Gasteiger partial charge is 0.328 e. The van der Waals surface area contributed by atoms with Crippen molar-refractivity contribution in [3.05, 3.63) is 29.6 Å². The number of benzene rings is 1. The van der Waals surface area contributed by atoms with E-state index in [1.54, 1.807) is 0 Å². The molecule has 17 heavy (non-hydrogen) atoms. The number of anilines is 1. The zero-order chi connectivity index (χ0) is 12.4. The zero-order valence-electron chi connectivity index (χ0n) is 8.87. The van der Waals surface area contributed by atoms with Gasteiger partial charge in [0.25, 0.3) is 0 Å². The van der Waals surface area contributed by atoms with Gasteiger partial charge in [-0.3, -0.25) is 15.0 Å². The molecular formula is C12H9FN2O2. The Kier molecular flexibility index (Phi) is 2.79. The first-order valence-electron chi connectivity index (χ1n) is 4.99. The third-order valence-electron chi connectivity index (χ3n) is 2.47. The number of hydrogen-bond donors (Lipinski definition) is 1. The molecule has 3 amide bonds. The molecule has 86 valence electrons. The van der Waals surface area contributed by atoms with E-state index in [1.165, 1.54) is 23.1 Å². The Balaban J connectivity index is 2.32. The second kappa shape index (κ2) is 4.26. The highest BCUT2D eigenvalue weighted by Gasteiger charge is 2.24. The maximum absolute atomic E-state index is 13.2. The van der Waals surface area contributed by atoms with Gasteiger partial charge in [0.15, 0.2) is 0 Å². The van der Waals surface area contributed by atoms with E-state index in [1.807, 2.05) is 0 Å². The van der Waals surface area contributed by atoms with Gasteiger partial charge in [0, 0.05) is 18.7 Å². The lowest BCUT2D eigenvalue weighted by molar-refractivity contribution is -0.120. The molecule has 1 aliphatic heterocycles. The Hall–Kier alpha value is -2.35. The van der Waals surface area contributed by atoms with Crippen LogP contribution in [0.5, 0.6) is 0 Å². The Morgan fingerprint density at radius 2 is 2.18 bits per heavy atom. The van der Waals surface area contributed by atoms with Crippen LogP contribution in [0.2, 0.25) is 0 Å². The molecule has 0 spiro atoms. The molecule has 1 aliphatic rings. The van der Waals surface area contributed by atoms with E-state index >= 15 is 0 Å². The van der Waals surface area contributed by atoms with Crippen LogP contribution in [0.25, 0.3) is 0 Å². The van der Waals surface area contributed by atoms with Gasteiger partial charge >= 0.3 is 6.03 Å². The average molecular weight is 232 g/mol. The van der Waals surface area contributed by atoms with Crippen molar-refractivity contribution in [1.29, 1.82) is 0 Å². The number of carbonyl (C=O) groups excluding carboxylic acids is 2. The molecular weight excluding hydrogens is 223 g/mol. The van der Waals surface area contributed by atoms with Crippen molar-refractivity contribution in [2.24, 2.45) is 0 Å². The molecule has 1 heterocycles. The number of hydrogen-bond acceptors (Lipinski definition) is 2. The van der Waals surface area contributed by atoms with Crippen molar-refractivity contribution in [2.75, 3.05) is 11.4 Å². The quantitative estimate of drug-likeness (QED) is 0.741. The Morgan fingerprint density at radius 3 is 2.82 bits per heavy atom. The van der Waals surface area contributed by atoms with Crippen LogP contribution in [0.15, 0.2) is 18.2 Å². The highest BCUT2D eigenvalue weighted by Crippen LogP contribution is 2.20. The summed E-state index contributed by atoms with van der Waals surface area (Å²) in [4.78, 5) is 23.9. The molecule has 0 aromatic heterocycles. The first-order valence-corrected chi connectivity index (χ1v) is 4.99. The second-order valence-electron chi connectivity index (χ2n) is 3.56. The summed E-state index contributed by atoms with van der Waals surface area (Å²) in [6, 6.07) is 3.54. The Bertz CT molecular complexity index is 534. The lowest BCUT2D eigenvalue weighted by Crippen LogP contribution is -2.49. The lowest BCUT2D eigenvalue weighted by Gasteiger charge is -2.26. The maximum atomic E-state index is 13.2. The van der Waals surface area contributed by atoms with E-state index in [0.717, 1.165) is 0 Å². The smallest absolute Gasteiger partial charge is 0.294 e. The molecule has 1 aromatic rings. The Labute approximate surface area is 97.4 Å². The fourth-order valence-electron chi connectivity index (χ4n) is 1.60. The van der Waals surface area contributed by atoms with Gasteiger partial charge in [-0.1, -0.05) is 5.92 Å². The minimum atomic E-state index is -0.518. The number of imide groups is 1. The van der Waals surface area contributed by atoms with Crippen molar-refractivity contribution in [1.82, 2.24) is 5.32 Å². The number of rotatable bonds is 1. The van der Waals surface area contributed by atoms with E-state index in [2.05, 4.69) is 11.2 Å². The minimum Gasteiger partial charge on any atom is -0.294 e. The fraction of sp³-hybridized carbons (Fsp3) is 0.167. The minimum absolute atomic E-state index is 0.0900. The van der Waals surface area contributed by atoms with Crippen LogP contribution in [0.3, 0.4) is 0 Å². The van der Waals surface area contributed by atoms with Crippen LogP contribution in [0.1, 0.15) is 12.0 Å². The number of amides is 3. The Morgan fingerprint density at radius 1 is 1.41 bits per heavy atom. The summed E-state index contributed by atoms with van der Waals surface area (Å²) in [5.74, 6) is 1.37. The molecule has 4 nitrogen and oxygen atoms in total. The summed E-state index contributed by atoms with van der Waals surface area (Å²) in [6.45, 7) is 0.264. The van der Waals surface area contributed by atoms with Gasteiger partial charge in [0.05, 0.1) is 5.56 Å². The second-order valence-corrected chi connectivity index (χ2v) is 3.56. The number of urea groups is 1. The van der Waals surface area contributed by atoms with Gasteiger partial charge in [-0.05, 0) is 18.2 Å². The van der Waals surface area contributed by atoms with Crippen LogP contribution in [-0.2, 0) is 4.79 Å². The van der Waals surface area contributed by atoms with E-state index in [9.17, 15) is 14.0 Å². The first-order chi connectivity index (χ1) is 8.11. The SMILES string of the molecule is C#Cc1cc(N2CCC(=O)NC2=O)ccc1F. The predicted molar refractivity (Wildman–Crippen MR) is 59.8 cm³/mol. The van der Waals surface area contributed by atoms with Gasteiger partial charge in [0.2, 0.25) is 5.91 Å². The van der Waals surface area contributed by atoms with Crippen LogP contribution >= 0.6 is 0 Å². The lowest BCUT2D eigenvalue weighted by atomic mass is 10.1. The number of nitrogens with one attached hydrogen (secondary N) is 1. The zero-order valence-corrected chi connectivity index (χ0v) is 8.87. The molecule has 1 fully saturated rings.